The van der Waals surface area contributed by atoms with Crippen LogP contribution < -0.4 is 19.5 Å². The molecule has 1 aromatic heterocycles. The van der Waals surface area contributed by atoms with Crippen molar-refractivity contribution in [3.05, 3.63) is 88.4 Å². The lowest BCUT2D eigenvalue weighted by atomic mass is 9.98. The summed E-state index contributed by atoms with van der Waals surface area (Å²) in [6.45, 7) is 3.30. The van der Waals surface area contributed by atoms with E-state index >= 15 is 0 Å². The largest absolute Gasteiger partial charge is 0.497 e. The van der Waals surface area contributed by atoms with Crippen molar-refractivity contribution in [2.45, 2.75) is 32.4 Å². The van der Waals surface area contributed by atoms with E-state index in [2.05, 4.69) is 54.7 Å². The van der Waals surface area contributed by atoms with Crippen molar-refractivity contribution in [1.82, 2.24) is 4.98 Å². The molecule has 0 bridgehead atoms. The van der Waals surface area contributed by atoms with Gasteiger partial charge in [0.2, 0.25) is 0 Å². The van der Waals surface area contributed by atoms with E-state index in [0.29, 0.717) is 19.1 Å². The van der Waals surface area contributed by atoms with E-state index in [-0.39, 0.29) is 0 Å². The Morgan fingerprint density at radius 3 is 2.32 bits per heavy atom. The Morgan fingerprint density at radius 2 is 1.62 bits per heavy atom. The smallest absolute Gasteiger partial charge is 0.127 e. The van der Waals surface area contributed by atoms with Crippen LogP contribution in [-0.4, -0.2) is 33.4 Å². The van der Waals surface area contributed by atoms with Crippen LogP contribution in [0.3, 0.4) is 0 Å². The molecule has 0 amide bonds. The maximum atomic E-state index is 5.61. The molecule has 6 nitrogen and oxygen atoms in total. The topological polar surface area (TPSA) is 61.8 Å². The van der Waals surface area contributed by atoms with Crippen LogP contribution in [0.15, 0.2) is 66.7 Å². The van der Waals surface area contributed by atoms with Crippen LogP contribution in [0.4, 0.5) is 5.00 Å². The lowest BCUT2D eigenvalue weighted by Crippen LogP contribution is -2.02. The van der Waals surface area contributed by atoms with E-state index in [1.54, 1.807) is 39.8 Å². The number of thiazole rings is 1. The molecule has 3 aromatic carbocycles. The van der Waals surface area contributed by atoms with Gasteiger partial charge >= 0.3 is 0 Å². The lowest BCUT2D eigenvalue weighted by Gasteiger charge is -2.13. The van der Waals surface area contributed by atoms with Crippen molar-refractivity contribution >= 4 is 16.3 Å². The number of aromatic nitrogens is 1. The third kappa shape index (κ3) is 6.42. The van der Waals surface area contributed by atoms with Crippen molar-refractivity contribution in [3.63, 3.8) is 0 Å². The average Bonchev–Trinajstić information content (AvgIpc) is 3.34. The first kappa shape index (κ1) is 26.5. The summed E-state index contributed by atoms with van der Waals surface area (Å²) in [5.74, 6) is 2.70. The highest BCUT2D eigenvalue weighted by molar-refractivity contribution is 7.16. The van der Waals surface area contributed by atoms with Gasteiger partial charge < -0.3 is 24.3 Å². The van der Waals surface area contributed by atoms with Crippen molar-refractivity contribution in [1.29, 1.82) is 0 Å². The summed E-state index contributed by atoms with van der Waals surface area (Å²) in [6, 6.07) is 22.6. The van der Waals surface area contributed by atoms with Crippen molar-refractivity contribution in [2.75, 3.05) is 33.8 Å². The van der Waals surface area contributed by atoms with Gasteiger partial charge in [0.1, 0.15) is 27.9 Å². The SMILES string of the molecule is COCc1cc(-c2nc(CC(C)c3ccccc3)sc2NCc2ccc(OC)cc2OC)ccc1OC. The molecule has 0 aliphatic rings. The van der Waals surface area contributed by atoms with E-state index in [1.807, 2.05) is 24.3 Å². The first-order valence-electron chi connectivity index (χ1n) is 12.2. The average molecular weight is 519 g/mol. The molecule has 7 heteroatoms. The number of benzene rings is 3. The molecular formula is C30H34N2O4S. The van der Waals surface area contributed by atoms with Gasteiger partial charge in [0.15, 0.2) is 0 Å². The monoisotopic (exact) mass is 518 g/mol. The number of rotatable bonds is 12. The highest BCUT2D eigenvalue weighted by Gasteiger charge is 2.18. The molecule has 0 saturated carbocycles. The molecule has 4 aromatic rings. The predicted molar refractivity (Wildman–Crippen MR) is 150 cm³/mol. The molecule has 0 radical (unpaired) electrons. The molecular weight excluding hydrogens is 484 g/mol. The van der Waals surface area contributed by atoms with Gasteiger partial charge in [-0.05, 0) is 41.8 Å². The number of anilines is 1. The minimum Gasteiger partial charge on any atom is -0.497 e. The second-order valence-electron chi connectivity index (χ2n) is 8.79. The van der Waals surface area contributed by atoms with Gasteiger partial charge in [0.05, 0.1) is 32.9 Å². The van der Waals surface area contributed by atoms with Crippen LogP contribution in [0.25, 0.3) is 11.3 Å². The number of methoxy groups -OCH3 is 4. The third-order valence-electron chi connectivity index (χ3n) is 6.31. The Morgan fingerprint density at radius 1 is 0.838 bits per heavy atom. The molecule has 1 atom stereocenters. The van der Waals surface area contributed by atoms with Gasteiger partial charge in [0, 0.05) is 42.8 Å². The molecule has 37 heavy (non-hydrogen) atoms. The molecule has 0 saturated heterocycles. The number of nitrogens with zero attached hydrogens (tertiary/aromatic N) is 1. The summed E-state index contributed by atoms with van der Waals surface area (Å²) in [4.78, 5) is 5.11. The Balaban J connectivity index is 1.67. The molecule has 1 unspecified atom stereocenters. The van der Waals surface area contributed by atoms with E-state index in [9.17, 15) is 0 Å². The second-order valence-corrected chi connectivity index (χ2v) is 9.88. The molecule has 4 rings (SSSR count). The maximum Gasteiger partial charge on any atom is 0.127 e. The number of hydrogen-bond donors (Lipinski definition) is 1. The standard InChI is InChI=1S/C30H34N2O4S/c1-20(21-9-7-6-8-10-21)15-28-32-29(22-12-14-26(35-4)24(16-22)19-33-2)30(37-28)31-18-23-11-13-25(34-3)17-27(23)36-5/h6-14,16-17,20,31H,15,18-19H2,1-5H3. The van der Waals surface area contributed by atoms with Crippen LogP contribution in [0.5, 0.6) is 17.2 Å². The van der Waals surface area contributed by atoms with Gasteiger partial charge in [0.25, 0.3) is 0 Å². The fourth-order valence-corrected chi connectivity index (χ4v) is 5.41. The Bertz CT molecular complexity index is 1310. The Kier molecular flexibility index (Phi) is 9.04. The normalized spacial score (nSPS) is 11.7. The summed E-state index contributed by atoms with van der Waals surface area (Å²) >= 11 is 1.70. The summed E-state index contributed by atoms with van der Waals surface area (Å²) in [5, 5.41) is 5.72. The zero-order chi connectivity index (χ0) is 26.2. The number of ether oxygens (including phenoxy) is 4. The first-order valence-corrected chi connectivity index (χ1v) is 13.0. The van der Waals surface area contributed by atoms with Crippen LogP contribution in [0.1, 0.15) is 34.5 Å². The summed E-state index contributed by atoms with van der Waals surface area (Å²) < 4.78 is 21.9. The van der Waals surface area contributed by atoms with Gasteiger partial charge in [-0.3, -0.25) is 0 Å². The van der Waals surface area contributed by atoms with Crippen LogP contribution in [0.2, 0.25) is 0 Å². The van der Waals surface area contributed by atoms with Crippen molar-refractivity contribution in [2.24, 2.45) is 0 Å². The Labute approximate surface area is 223 Å². The molecule has 194 valence electrons. The molecule has 0 spiro atoms. The lowest BCUT2D eigenvalue weighted by molar-refractivity contribution is 0.181. The van der Waals surface area contributed by atoms with Gasteiger partial charge in [-0.1, -0.05) is 37.3 Å². The molecule has 1 N–H and O–H groups in total. The highest BCUT2D eigenvalue weighted by atomic mass is 32.1. The molecule has 1 heterocycles. The summed E-state index contributed by atoms with van der Waals surface area (Å²) in [7, 11) is 6.69. The molecule has 0 aliphatic heterocycles. The molecule has 0 aliphatic carbocycles. The van der Waals surface area contributed by atoms with Gasteiger partial charge in [-0.25, -0.2) is 4.98 Å². The number of nitrogens with one attached hydrogen (secondary N) is 1. The van der Waals surface area contributed by atoms with E-state index < -0.39 is 0 Å². The highest BCUT2D eigenvalue weighted by Crippen LogP contribution is 2.38. The quantitative estimate of drug-likeness (QED) is 0.219. The summed E-state index contributed by atoms with van der Waals surface area (Å²) in [6.07, 6.45) is 0.857. The minimum atomic E-state index is 0.356. The second kappa shape index (κ2) is 12.6. The Hall–Kier alpha value is -3.55. The zero-order valence-electron chi connectivity index (χ0n) is 22.0. The minimum absolute atomic E-state index is 0.356. The predicted octanol–water partition coefficient (Wildman–Crippen LogP) is 6.94. The van der Waals surface area contributed by atoms with E-state index in [4.69, 9.17) is 23.9 Å². The van der Waals surface area contributed by atoms with Gasteiger partial charge in [-0.15, -0.1) is 11.3 Å². The van der Waals surface area contributed by atoms with E-state index in [1.165, 1.54) is 5.56 Å². The maximum absolute atomic E-state index is 5.61. The summed E-state index contributed by atoms with van der Waals surface area (Å²) in [5.41, 5.74) is 5.28. The van der Waals surface area contributed by atoms with Gasteiger partial charge in [-0.2, -0.15) is 0 Å². The van der Waals surface area contributed by atoms with E-state index in [0.717, 1.165) is 56.1 Å². The first-order chi connectivity index (χ1) is 18.1. The fourth-order valence-electron chi connectivity index (χ4n) is 4.30. The zero-order valence-corrected chi connectivity index (χ0v) is 22.9. The van der Waals surface area contributed by atoms with Crippen LogP contribution in [-0.2, 0) is 24.3 Å². The van der Waals surface area contributed by atoms with Crippen LogP contribution >= 0.6 is 11.3 Å². The van der Waals surface area contributed by atoms with Crippen molar-refractivity contribution < 1.29 is 18.9 Å². The van der Waals surface area contributed by atoms with Crippen molar-refractivity contribution in [3.8, 4) is 28.5 Å². The third-order valence-corrected chi connectivity index (χ3v) is 7.34. The fraction of sp³-hybridized carbons (Fsp3) is 0.300. The number of hydrogen-bond acceptors (Lipinski definition) is 7. The van der Waals surface area contributed by atoms with Crippen LogP contribution in [0, 0.1) is 0 Å². The molecule has 0 fully saturated rings.